The summed E-state index contributed by atoms with van der Waals surface area (Å²) in [6, 6.07) is 47.1. The van der Waals surface area contributed by atoms with E-state index in [9.17, 15) is 10.2 Å². The lowest BCUT2D eigenvalue weighted by Gasteiger charge is -2.41. The standard InChI is InChI=1S/C42H43BrN2O2/c43-40-32(30-44-28-14-26-38(44)41(46,34-18-5-1-6-19-34)35-20-7-2-8-21-35)16-13-17-33(40)31-45-29-15-27-39(45)42(47,36-22-9-3-10-23-36)37-24-11-4-12-25-37/h1-13,16-25,38-39,46-47H,14-15,26-31H2/t38-,39-/m0/s1. The maximum atomic E-state index is 12.6. The van der Waals surface area contributed by atoms with E-state index < -0.39 is 11.2 Å². The third kappa shape index (κ3) is 6.12. The number of benzene rings is 5. The van der Waals surface area contributed by atoms with Crippen LogP contribution in [0.2, 0.25) is 0 Å². The van der Waals surface area contributed by atoms with Crippen molar-refractivity contribution in [3.63, 3.8) is 0 Å². The van der Waals surface area contributed by atoms with Crippen LogP contribution in [0.15, 0.2) is 144 Å². The van der Waals surface area contributed by atoms with Crippen molar-refractivity contribution in [3.8, 4) is 0 Å². The normalized spacial score (nSPS) is 19.3. The van der Waals surface area contributed by atoms with Crippen LogP contribution >= 0.6 is 15.9 Å². The Morgan fingerprint density at radius 1 is 0.489 bits per heavy atom. The van der Waals surface area contributed by atoms with Gasteiger partial charge in [0.25, 0.3) is 0 Å². The van der Waals surface area contributed by atoms with Crippen molar-refractivity contribution in [1.82, 2.24) is 9.80 Å². The molecule has 2 atom stereocenters. The van der Waals surface area contributed by atoms with Crippen molar-refractivity contribution in [2.75, 3.05) is 13.1 Å². The van der Waals surface area contributed by atoms with Crippen molar-refractivity contribution < 1.29 is 10.2 Å². The first-order valence-corrected chi connectivity index (χ1v) is 17.7. The van der Waals surface area contributed by atoms with Crippen LogP contribution in [-0.4, -0.2) is 45.2 Å². The number of halogens is 1. The van der Waals surface area contributed by atoms with Gasteiger partial charge in [0.05, 0.1) is 0 Å². The lowest BCUT2D eigenvalue weighted by molar-refractivity contribution is -0.00707. The summed E-state index contributed by atoms with van der Waals surface area (Å²) in [5, 5.41) is 25.3. The van der Waals surface area contributed by atoms with Crippen molar-refractivity contribution in [2.24, 2.45) is 0 Å². The second-order valence-electron chi connectivity index (χ2n) is 13.1. The highest BCUT2D eigenvalue weighted by molar-refractivity contribution is 9.10. The summed E-state index contributed by atoms with van der Waals surface area (Å²) in [6.07, 6.45) is 3.92. The fourth-order valence-electron chi connectivity index (χ4n) is 8.16. The van der Waals surface area contributed by atoms with E-state index in [-0.39, 0.29) is 12.1 Å². The van der Waals surface area contributed by atoms with Crippen LogP contribution in [-0.2, 0) is 24.3 Å². The molecule has 2 fully saturated rings. The number of hydrogen-bond acceptors (Lipinski definition) is 4. The fraction of sp³-hybridized carbons (Fsp3) is 0.286. The Kier molecular flexibility index (Phi) is 9.44. The predicted octanol–water partition coefficient (Wildman–Crippen LogP) is 8.25. The quantitative estimate of drug-likeness (QED) is 0.155. The summed E-state index contributed by atoms with van der Waals surface area (Å²) in [5.41, 5.74) is 3.92. The average molecular weight is 688 g/mol. The molecule has 0 saturated carbocycles. The van der Waals surface area contributed by atoms with Gasteiger partial charge in [-0.25, -0.2) is 0 Å². The highest BCUT2D eigenvalue weighted by Crippen LogP contribution is 2.43. The summed E-state index contributed by atoms with van der Waals surface area (Å²) in [5.74, 6) is 0. The molecule has 5 aromatic rings. The van der Waals surface area contributed by atoms with Gasteiger partial charge in [-0.15, -0.1) is 0 Å². The van der Waals surface area contributed by atoms with Gasteiger partial charge in [0.2, 0.25) is 0 Å². The molecule has 0 aliphatic carbocycles. The monoisotopic (exact) mass is 686 g/mol. The van der Waals surface area contributed by atoms with E-state index in [0.29, 0.717) is 0 Å². The number of rotatable bonds is 10. The van der Waals surface area contributed by atoms with E-state index in [1.807, 2.05) is 72.8 Å². The van der Waals surface area contributed by atoms with Gasteiger partial charge < -0.3 is 10.2 Å². The summed E-state index contributed by atoms with van der Waals surface area (Å²) < 4.78 is 1.11. The Labute approximate surface area is 287 Å². The number of nitrogens with zero attached hydrogens (tertiary/aromatic N) is 2. The third-order valence-corrected chi connectivity index (χ3v) is 11.5. The average Bonchev–Trinajstić information content (AvgIpc) is 3.81. The van der Waals surface area contributed by atoms with Gasteiger partial charge in [-0.2, -0.15) is 0 Å². The topological polar surface area (TPSA) is 46.9 Å². The molecule has 0 aromatic heterocycles. The first-order chi connectivity index (χ1) is 23.0. The molecular weight excluding hydrogens is 644 g/mol. The molecule has 2 N–H and O–H groups in total. The maximum Gasteiger partial charge on any atom is 0.130 e. The number of hydrogen-bond donors (Lipinski definition) is 2. The minimum Gasteiger partial charge on any atom is -0.379 e. The van der Waals surface area contributed by atoms with Gasteiger partial charge in [-0.05, 0) is 72.2 Å². The van der Waals surface area contributed by atoms with Gasteiger partial charge in [0.15, 0.2) is 0 Å². The van der Waals surface area contributed by atoms with Gasteiger partial charge in [0.1, 0.15) is 11.2 Å². The largest absolute Gasteiger partial charge is 0.379 e. The first kappa shape index (κ1) is 32.0. The van der Waals surface area contributed by atoms with Crippen LogP contribution in [0.1, 0.15) is 59.1 Å². The van der Waals surface area contributed by atoms with Gasteiger partial charge >= 0.3 is 0 Å². The highest BCUT2D eigenvalue weighted by Gasteiger charge is 2.47. The molecule has 2 saturated heterocycles. The Balaban J connectivity index is 1.17. The molecule has 0 bridgehead atoms. The third-order valence-electron chi connectivity index (χ3n) is 10.5. The minimum absolute atomic E-state index is 0.0578. The molecule has 5 aromatic carbocycles. The summed E-state index contributed by atoms with van der Waals surface area (Å²) >= 11 is 4.04. The second-order valence-corrected chi connectivity index (χ2v) is 13.9. The highest BCUT2D eigenvalue weighted by atomic mass is 79.9. The number of likely N-dealkylation sites (tertiary alicyclic amines) is 2. The van der Waals surface area contributed by atoms with E-state index in [2.05, 4.69) is 92.5 Å². The summed E-state index contributed by atoms with van der Waals surface area (Å²) in [7, 11) is 0. The molecule has 2 heterocycles. The molecule has 0 spiro atoms. The molecule has 4 nitrogen and oxygen atoms in total. The molecule has 47 heavy (non-hydrogen) atoms. The fourth-order valence-corrected chi connectivity index (χ4v) is 8.68. The predicted molar refractivity (Wildman–Crippen MR) is 193 cm³/mol. The molecule has 0 unspecified atom stereocenters. The summed E-state index contributed by atoms with van der Waals surface area (Å²) in [6.45, 7) is 3.34. The van der Waals surface area contributed by atoms with Gasteiger partial charge in [-0.1, -0.05) is 155 Å². The van der Waals surface area contributed by atoms with E-state index in [1.54, 1.807) is 0 Å². The smallest absolute Gasteiger partial charge is 0.130 e. The van der Waals surface area contributed by atoms with Crippen LogP contribution in [0.25, 0.3) is 0 Å². The van der Waals surface area contributed by atoms with Crippen LogP contribution < -0.4 is 0 Å². The molecule has 2 aliphatic rings. The van der Waals surface area contributed by atoms with Gasteiger partial charge in [-0.3, -0.25) is 9.80 Å². The Morgan fingerprint density at radius 2 is 0.809 bits per heavy atom. The van der Waals surface area contributed by atoms with E-state index in [4.69, 9.17) is 0 Å². The minimum atomic E-state index is -1.12. The second kappa shape index (κ2) is 13.9. The zero-order valence-electron chi connectivity index (χ0n) is 26.8. The Hall–Kier alpha value is -3.58. The van der Waals surface area contributed by atoms with Crippen molar-refractivity contribution >= 4 is 15.9 Å². The SMILES string of the molecule is OC(c1ccccc1)(c1ccccc1)[C@@H]1CCCN1Cc1cccc(CN2CCC[C@H]2C(O)(c2ccccc2)c2ccccc2)c1Br. The van der Waals surface area contributed by atoms with E-state index >= 15 is 0 Å². The molecule has 0 radical (unpaired) electrons. The lowest BCUT2D eigenvalue weighted by atomic mass is 9.79. The van der Waals surface area contributed by atoms with Crippen molar-refractivity contribution in [2.45, 2.75) is 62.1 Å². The molecule has 0 amide bonds. The lowest BCUT2D eigenvalue weighted by Crippen LogP contribution is -2.48. The number of aliphatic hydroxyl groups is 2. The molecular formula is C42H43BrN2O2. The molecule has 5 heteroatoms. The van der Waals surface area contributed by atoms with E-state index in [1.165, 1.54) is 11.1 Å². The summed E-state index contributed by atoms with van der Waals surface area (Å²) in [4.78, 5) is 4.93. The zero-order chi connectivity index (χ0) is 32.3. The molecule has 2 aliphatic heterocycles. The van der Waals surface area contributed by atoms with Gasteiger partial charge in [0, 0.05) is 29.6 Å². The zero-order valence-corrected chi connectivity index (χ0v) is 28.3. The van der Waals surface area contributed by atoms with Crippen molar-refractivity contribution in [3.05, 3.63) is 177 Å². The molecule has 7 rings (SSSR count). The van der Waals surface area contributed by atoms with Crippen LogP contribution in [0.5, 0.6) is 0 Å². The van der Waals surface area contributed by atoms with Crippen LogP contribution in [0.4, 0.5) is 0 Å². The van der Waals surface area contributed by atoms with E-state index in [0.717, 1.165) is 78.6 Å². The maximum absolute atomic E-state index is 12.6. The molecule has 240 valence electrons. The van der Waals surface area contributed by atoms with Crippen molar-refractivity contribution in [1.29, 1.82) is 0 Å². The first-order valence-electron chi connectivity index (χ1n) is 16.9. The van der Waals surface area contributed by atoms with Crippen LogP contribution in [0.3, 0.4) is 0 Å². The van der Waals surface area contributed by atoms with Crippen LogP contribution in [0, 0.1) is 0 Å². The Bertz CT molecular complexity index is 1540. The Morgan fingerprint density at radius 3 is 1.13 bits per heavy atom.